The van der Waals surface area contributed by atoms with Crippen molar-refractivity contribution in [2.75, 3.05) is 32.8 Å². The zero-order chi connectivity index (χ0) is 19.7. The number of carboxylic acids is 1. The first kappa shape index (κ1) is 22.9. The van der Waals surface area contributed by atoms with E-state index in [1.165, 1.54) is 4.90 Å². The number of hydrogen-bond acceptors (Lipinski definition) is 6. The van der Waals surface area contributed by atoms with Gasteiger partial charge in [0.25, 0.3) is 0 Å². The monoisotopic (exact) mass is 397 g/mol. The molecule has 154 valence electrons. The third-order valence-corrected chi connectivity index (χ3v) is 6.01. The zero-order valence-corrected chi connectivity index (χ0v) is 16.2. The predicted octanol–water partition coefficient (Wildman–Crippen LogP) is 1.04. The summed E-state index contributed by atoms with van der Waals surface area (Å²) >= 11 is 0. The lowest BCUT2D eigenvalue weighted by molar-refractivity contribution is -0.145. The van der Waals surface area contributed by atoms with Crippen molar-refractivity contribution in [1.82, 2.24) is 10.2 Å². The Hall–Kier alpha value is -1.19. The normalized spacial score (nSPS) is 19.7. The van der Waals surface area contributed by atoms with Crippen molar-refractivity contribution >= 4 is 19.6 Å². The van der Waals surface area contributed by atoms with E-state index in [0.29, 0.717) is 45.7 Å². The van der Waals surface area contributed by atoms with Crippen LogP contribution in [-0.2, 0) is 18.6 Å². The van der Waals surface area contributed by atoms with Gasteiger partial charge in [-0.25, -0.2) is 9.59 Å². The first-order valence-corrected chi connectivity index (χ1v) is 10.4. The van der Waals surface area contributed by atoms with E-state index < -0.39 is 37.4 Å². The molecule has 0 radical (unpaired) electrons. The van der Waals surface area contributed by atoms with E-state index in [1.54, 1.807) is 13.8 Å². The van der Waals surface area contributed by atoms with Crippen LogP contribution in [0.15, 0.2) is 0 Å². The number of urea groups is 1. The average Bonchev–Trinajstić information content (AvgIpc) is 2.58. The Kier molecular flexibility index (Phi) is 9.52. The van der Waals surface area contributed by atoms with Crippen molar-refractivity contribution in [3.63, 3.8) is 0 Å². The van der Waals surface area contributed by atoms with Gasteiger partial charge in [-0.3, -0.25) is 9.09 Å². The minimum absolute atomic E-state index is 0. The molecule has 1 heterocycles. The summed E-state index contributed by atoms with van der Waals surface area (Å²) in [6.45, 7) is 5.26. The van der Waals surface area contributed by atoms with Gasteiger partial charge in [-0.2, -0.15) is 0 Å². The number of morpholine rings is 1. The first-order valence-electron chi connectivity index (χ1n) is 8.76. The van der Waals surface area contributed by atoms with Crippen molar-refractivity contribution in [2.45, 2.75) is 45.0 Å². The van der Waals surface area contributed by atoms with Gasteiger partial charge in [0, 0.05) is 14.5 Å². The number of nitrogens with one attached hydrogen (secondary N) is 1. The van der Waals surface area contributed by atoms with Crippen molar-refractivity contribution in [3.8, 4) is 0 Å². The second-order valence-corrected chi connectivity index (χ2v) is 8.41. The maximum absolute atomic E-state index is 12.7. The van der Waals surface area contributed by atoms with E-state index in [9.17, 15) is 24.2 Å². The summed E-state index contributed by atoms with van der Waals surface area (Å²) < 4.78 is 22.9. The molecule has 26 heavy (non-hydrogen) atoms. The number of carboxylic acid groups (broad SMARTS) is 1. The summed E-state index contributed by atoms with van der Waals surface area (Å²) in [5, 5.41) is 11.8. The Bertz CT molecular complexity index is 518. The number of hydrogen-bond donors (Lipinski definition) is 4. The van der Waals surface area contributed by atoms with Gasteiger partial charge in [0.15, 0.2) is 6.10 Å². The van der Waals surface area contributed by atoms with E-state index in [1.807, 2.05) is 0 Å². The molecule has 0 bridgehead atoms. The first-order chi connectivity index (χ1) is 12.2. The molecule has 3 atom stereocenters. The molecule has 1 saturated heterocycles. The molecule has 0 spiro atoms. The predicted molar refractivity (Wildman–Crippen MR) is 96.9 cm³/mol. The quantitative estimate of drug-likeness (QED) is 0.315. The van der Waals surface area contributed by atoms with E-state index >= 15 is 0 Å². The van der Waals surface area contributed by atoms with E-state index in [-0.39, 0.29) is 7.85 Å². The molecule has 10 nitrogen and oxygen atoms in total. The molecule has 1 rings (SSSR count). The third kappa shape index (κ3) is 7.20. The Morgan fingerprint density at radius 2 is 1.96 bits per heavy atom. The van der Waals surface area contributed by atoms with Gasteiger partial charge in [0.05, 0.1) is 13.2 Å². The van der Waals surface area contributed by atoms with Crippen LogP contribution in [0.4, 0.5) is 4.79 Å². The van der Waals surface area contributed by atoms with Crippen LogP contribution >= 0.6 is 7.60 Å². The maximum Gasteiger partial charge on any atom is 0.351 e. The van der Waals surface area contributed by atoms with E-state index in [0.717, 1.165) is 0 Å². The lowest BCUT2D eigenvalue weighted by Crippen LogP contribution is -2.50. The Labute approximate surface area is 155 Å². The Morgan fingerprint density at radius 3 is 2.46 bits per heavy atom. The van der Waals surface area contributed by atoms with Crippen LogP contribution in [0.5, 0.6) is 0 Å². The molecular formula is C15H32N3O7P. The number of nitrogens with two attached hydrogens (primary N) is 1. The summed E-state index contributed by atoms with van der Waals surface area (Å²) in [5.41, 5.74) is 5.38. The molecule has 1 aliphatic heterocycles. The molecule has 1 fully saturated rings. The Morgan fingerprint density at radius 1 is 1.35 bits per heavy atom. The van der Waals surface area contributed by atoms with Crippen molar-refractivity contribution in [3.05, 3.63) is 0 Å². The highest BCUT2D eigenvalue weighted by molar-refractivity contribution is 7.53. The van der Waals surface area contributed by atoms with Crippen molar-refractivity contribution < 1.29 is 34.8 Å². The lowest BCUT2D eigenvalue weighted by atomic mass is 10.1. The average molecular weight is 397 g/mol. The van der Waals surface area contributed by atoms with Gasteiger partial charge < -0.3 is 30.7 Å². The largest absolute Gasteiger partial charge is 0.479 e. The van der Waals surface area contributed by atoms with Gasteiger partial charge in [0.2, 0.25) is 0 Å². The number of amides is 2. The smallest absolute Gasteiger partial charge is 0.351 e. The zero-order valence-electron chi connectivity index (χ0n) is 15.3. The fraction of sp³-hybridized carbons (Fsp3) is 0.867. The summed E-state index contributed by atoms with van der Waals surface area (Å²) in [7, 11) is -4.42. The standard InChI is InChI=1S/C15H30N3O7P.H2/c1-11(2)13(17-15(21)18-7-9-24-10-8-18)26(22,23)25-12(14(19)20)5-3-4-6-16;/h11-13H,3-10,16H2,1-2H3,(H,17,21)(H,19,20)(H,22,23);1H. The number of aliphatic carboxylic acids is 1. The van der Waals surface area contributed by atoms with Gasteiger partial charge >= 0.3 is 19.6 Å². The molecule has 0 aliphatic carbocycles. The van der Waals surface area contributed by atoms with Crippen LogP contribution < -0.4 is 11.1 Å². The van der Waals surface area contributed by atoms with Crippen molar-refractivity contribution in [2.24, 2.45) is 11.7 Å². The van der Waals surface area contributed by atoms with E-state index in [4.69, 9.17) is 15.0 Å². The van der Waals surface area contributed by atoms with Crippen molar-refractivity contribution in [1.29, 1.82) is 0 Å². The fourth-order valence-corrected chi connectivity index (χ4v) is 4.27. The van der Waals surface area contributed by atoms with Crippen LogP contribution in [-0.4, -0.2) is 71.6 Å². The molecule has 5 N–H and O–H groups in total. The van der Waals surface area contributed by atoms with E-state index in [2.05, 4.69) is 5.32 Å². The van der Waals surface area contributed by atoms with Gasteiger partial charge in [-0.1, -0.05) is 13.8 Å². The number of ether oxygens (including phenoxy) is 1. The Balaban J connectivity index is 0.00000676. The number of rotatable bonds is 10. The van der Waals surface area contributed by atoms with Gasteiger partial charge in [0.1, 0.15) is 5.78 Å². The molecule has 1 aliphatic rings. The lowest BCUT2D eigenvalue weighted by Gasteiger charge is -2.32. The highest BCUT2D eigenvalue weighted by atomic mass is 31.2. The number of carbonyl (C=O) groups is 2. The molecule has 0 aromatic carbocycles. The van der Waals surface area contributed by atoms with Gasteiger partial charge in [-0.15, -0.1) is 0 Å². The van der Waals surface area contributed by atoms with Crippen LogP contribution in [0.25, 0.3) is 0 Å². The summed E-state index contributed by atoms with van der Waals surface area (Å²) in [5.74, 6) is -2.97. The van der Waals surface area contributed by atoms with Gasteiger partial charge in [-0.05, 0) is 31.7 Å². The second kappa shape index (κ2) is 10.8. The molecule has 0 aromatic heterocycles. The SMILES string of the molecule is CC(C)C(NC(=O)N1CCOCC1)P(=O)(O)OC(CCCCN)C(=O)O.[HH]. The summed E-state index contributed by atoms with van der Waals surface area (Å²) in [4.78, 5) is 35.5. The summed E-state index contributed by atoms with van der Waals surface area (Å²) in [6.07, 6.45) is -0.317. The second-order valence-electron chi connectivity index (χ2n) is 6.52. The molecule has 0 aromatic rings. The molecular weight excluding hydrogens is 365 g/mol. The molecule has 11 heteroatoms. The molecule has 0 saturated carbocycles. The highest BCUT2D eigenvalue weighted by Gasteiger charge is 2.40. The minimum Gasteiger partial charge on any atom is -0.479 e. The van der Waals surface area contributed by atoms with Crippen LogP contribution in [0, 0.1) is 5.92 Å². The summed E-state index contributed by atoms with van der Waals surface area (Å²) in [6, 6.07) is -0.500. The van der Waals surface area contributed by atoms with Crippen LogP contribution in [0.1, 0.15) is 34.5 Å². The highest BCUT2D eigenvalue weighted by Crippen LogP contribution is 2.50. The third-order valence-electron chi connectivity index (χ3n) is 4.03. The number of nitrogens with zero attached hydrogens (tertiary/aromatic N) is 1. The van der Waals surface area contributed by atoms with Crippen LogP contribution in [0.3, 0.4) is 0 Å². The number of carbonyl (C=O) groups excluding carboxylic acids is 1. The fourth-order valence-electron chi connectivity index (χ4n) is 2.55. The minimum atomic E-state index is -4.42. The molecule has 3 unspecified atom stereocenters. The number of unbranched alkanes of at least 4 members (excludes halogenated alkanes) is 1. The topological polar surface area (TPSA) is 151 Å². The molecule has 2 amide bonds. The maximum atomic E-state index is 12.7. The van der Waals surface area contributed by atoms with Crippen LogP contribution in [0.2, 0.25) is 0 Å².